The van der Waals surface area contributed by atoms with Crippen LogP contribution in [0.4, 0.5) is 10.8 Å². The average molecular weight is 479 g/mol. The number of nitrogens with zero attached hydrogens (tertiary/aromatic N) is 3. The summed E-state index contributed by atoms with van der Waals surface area (Å²) in [6, 6.07) is 11.4. The van der Waals surface area contributed by atoms with Gasteiger partial charge >= 0.3 is 0 Å². The minimum atomic E-state index is -0.322. The van der Waals surface area contributed by atoms with Gasteiger partial charge in [-0.3, -0.25) is 14.9 Å². The van der Waals surface area contributed by atoms with E-state index in [4.69, 9.17) is 9.47 Å². The van der Waals surface area contributed by atoms with E-state index in [1.807, 2.05) is 38.1 Å². The molecule has 0 saturated carbocycles. The number of benzene rings is 2. The van der Waals surface area contributed by atoms with Crippen LogP contribution in [0, 0.1) is 13.8 Å². The molecule has 4 rings (SSSR count). The molecule has 176 valence electrons. The highest BCUT2D eigenvalue weighted by atomic mass is 32.1. The lowest BCUT2D eigenvalue weighted by Crippen LogP contribution is -2.24. The standard InChI is InChI=1S/C25H26N4O4S/c1-15-5-8-19(11-16(15)2)29-14-18(13-23(29)31)24-27-28-25(34-24)26-22(30)10-7-17-6-9-20(32-3)21(12-17)33-4/h5-12,18H,13-14H2,1-4H3,(H,26,28,30)/b10-7+. The van der Waals surface area contributed by atoms with Crippen molar-refractivity contribution in [1.29, 1.82) is 0 Å². The maximum absolute atomic E-state index is 12.6. The minimum Gasteiger partial charge on any atom is -0.493 e. The van der Waals surface area contributed by atoms with Crippen LogP contribution in [-0.4, -0.2) is 42.8 Å². The largest absolute Gasteiger partial charge is 0.493 e. The van der Waals surface area contributed by atoms with Gasteiger partial charge in [0.25, 0.3) is 0 Å². The number of aryl methyl sites for hydroxylation is 2. The fourth-order valence-corrected chi connectivity index (χ4v) is 4.58. The highest BCUT2D eigenvalue weighted by Crippen LogP contribution is 2.35. The number of hydrogen-bond donors (Lipinski definition) is 1. The predicted molar refractivity (Wildman–Crippen MR) is 133 cm³/mol. The molecule has 1 saturated heterocycles. The zero-order valence-corrected chi connectivity index (χ0v) is 20.3. The van der Waals surface area contributed by atoms with Gasteiger partial charge < -0.3 is 14.4 Å². The molecule has 1 fully saturated rings. The van der Waals surface area contributed by atoms with E-state index in [2.05, 4.69) is 15.5 Å². The van der Waals surface area contributed by atoms with Crippen molar-refractivity contribution >= 4 is 40.0 Å². The zero-order chi connectivity index (χ0) is 24.2. The fourth-order valence-electron chi connectivity index (χ4n) is 3.74. The van der Waals surface area contributed by atoms with Crippen molar-refractivity contribution in [3.63, 3.8) is 0 Å². The highest BCUT2D eigenvalue weighted by Gasteiger charge is 2.34. The maximum Gasteiger partial charge on any atom is 0.250 e. The molecule has 1 aliphatic rings. The van der Waals surface area contributed by atoms with Crippen molar-refractivity contribution in [2.45, 2.75) is 26.2 Å². The summed E-state index contributed by atoms with van der Waals surface area (Å²) in [6.45, 7) is 4.63. The molecule has 0 aliphatic carbocycles. The van der Waals surface area contributed by atoms with Crippen LogP contribution < -0.4 is 19.7 Å². The molecule has 2 amide bonds. The molecule has 1 N–H and O–H groups in total. The summed E-state index contributed by atoms with van der Waals surface area (Å²) >= 11 is 1.29. The molecule has 3 aromatic rings. The number of anilines is 2. The normalized spacial score (nSPS) is 15.7. The van der Waals surface area contributed by atoms with Crippen LogP contribution in [0.2, 0.25) is 0 Å². The Bertz CT molecular complexity index is 1250. The van der Waals surface area contributed by atoms with E-state index < -0.39 is 0 Å². The quantitative estimate of drug-likeness (QED) is 0.508. The molecule has 0 radical (unpaired) electrons. The van der Waals surface area contributed by atoms with Crippen LogP contribution in [-0.2, 0) is 9.59 Å². The van der Waals surface area contributed by atoms with E-state index in [9.17, 15) is 9.59 Å². The smallest absolute Gasteiger partial charge is 0.250 e. The van der Waals surface area contributed by atoms with Gasteiger partial charge in [0.15, 0.2) is 11.5 Å². The molecule has 1 atom stereocenters. The van der Waals surface area contributed by atoms with Gasteiger partial charge in [-0.2, -0.15) is 0 Å². The lowest BCUT2D eigenvalue weighted by atomic mass is 10.1. The van der Waals surface area contributed by atoms with Gasteiger partial charge in [0.1, 0.15) is 5.01 Å². The SMILES string of the molecule is COc1ccc(/C=C/C(=O)Nc2nnc(C3CC(=O)N(c4ccc(C)c(C)c4)C3)s2)cc1OC. The van der Waals surface area contributed by atoms with Gasteiger partial charge in [-0.1, -0.05) is 23.5 Å². The van der Waals surface area contributed by atoms with Crippen LogP contribution in [0.15, 0.2) is 42.5 Å². The van der Waals surface area contributed by atoms with Crippen molar-refractivity contribution in [2.24, 2.45) is 0 Å². The number of aromatic nitrogens is 2. The van der Waals surface area contributed by atoms with Crippen LogP contribution >= 0.6 is 11.3 Å². The maximum atomic E-state index is 12.6. The average Bonchev–Trinajstić information content (AvgIpc) is 3.45. The second kappa shape index (κ2) is 10.0. The Kier molecular flexibility index (Phi) is 6.93. The summed E-state index contributed by atoms with van der Waals surface area (Å²) in [5, 5.41) is 12.2. The second-order valence-electron chi connectivity index (χ2n) is 8.06. The predicted octanol–water partition coefficient (Wildman–Crippen LogP) is 4.34. The number of carbonyl (C=O) groups is 2. The third-order valence-corrected chi connectivity index (χ3v) is 6.78. The van der Waals surface area contributed by atoms with E-state index >= 15 is 0 Å². The Morgan fingerprint density at radius 2 is 1.88 bits per heavy atom. The molecule has 8 nitrogen and oxygen atoms in total. The van der Waals surface area contributed by atoms with Gasteiger partial charge in [-0.25, -0.2) is 0 Å². The van der Waals surface area contributed by atoms with E-state index in [1.165, 1.54) is 23.0 Å². The number of nitrogens with one attached hydrogen (secondary N) is 1. The van der Waals surface area contributed by atoms with E-state index in [0.29, 0.717) is 29.6 Å². The molecule has 34 heavy (non-hydrogen) atoms. The van der Waals surface area contributed by atoms with Gasteiger partial charge in [0.05, 0.1) is 14.2 Å². The number of amides is 2. The number of hydrogen-bond acceptors (Lipinski definition) is 7. The monoisotopic (exact) mass is 478 g/mol. The number of methoxy groups -OCH3 is 2. The first-order valence-corrected chi connectivity index (χ1v) is 11.6. The van der Waals surface area contributed by atoms with Crippen molar-refractivity contribution in [1.82, 2.24) is 10.2 Å². The Balaban J connectivity index is 1.39. The molecule has 2 aromatic carbocycles. The molecule has 1 unspecified atom stereocenters. The van der Waals surface area contributed by atoms with Crippen molar-refractivity contribution < 1.29 is 19.1 Å². The first-order valence-electron chi connectivity index (χ1n) is 10.8. The topological polar surface area (TPSA) is 93.7 Å². The summed E-state index contributed by atoms with van der Waals surface area (Å²) < 4.78 is 10.5. The third-order valence-electron chi connectivity index (χ3n) is 5.78. The number of rotatable bonds is 7. The summed E-state index contributed by atoms with van der Waals surface area (Å²) in [4.78, 5) is 26.8. The van der Waals surface area contributed by atoms with Crippen molar-refractivity contribution in [3.05, 3.63) is 64.2 Å². The summed E-state index contributed by atoms with van der Waals surface area (Å²) in [6.07, 6.45) is 3.47. The lowest BCUT2D eigenvalue weighted by molar-refractivity contribution is -0.117. The van der Waals surface area contributed by atoms with Crippen molar-refractivity contribution in [3.8, 4) is 11.5 Å². The Hall–Kier alpha value is -3.72. The minimum absolute atomic E-state index is 0.0560. The molecule has 9 heteroatoms. The summed E-state index contributed by atoms with van der Waals surface area (Å²) in [5.74, 6) is 0.884. The number of carbonyl (C=O) groups excluding carboxylic acids is 2. The molecular formula is C25H26N4O4S. The summed E-state index contributed by atoms with van der Waals surface area (Å²) in [5.41, 5.74) is 4.03. The molecule has 0 bridgehead atoms. The Morgan fingerprint density at radius 1 is 1.09 bits per heavy atom. The summed E-state index contributed by atoms with van der Waals surface area (Å²) in [7, 11) is 3.13. The first kappa shape index (κ1) is 23.4. The lowest BCUT2D eigenvalue weighted by Gasteiger charge is -2.17. The number of ether oxygens (including phenoxy) is 2. The molecule has 0 spiro atoms. The molecule has 1 aromatic heterocycles. The fraction of sp³-hybridized carbons (Fsp3) is 0.280. The highest BCUT2D eigenvalue weighted by molar-refractivity contribution is 7.15. The molecule has 1 aliphatic heterocycles. The van der Waals surface area contributed by atoms with E-state index in [1.54, 1.807) is 37.3 Å². The Morgan fingerprint density at radius 3 is 2.62 bits per heavy atom. The zero-order valence-electron chi connectivity index (χ0n) is 19.5. The van der Waals surface area contributed by atoms with Gasteiger partial charge in [-0.15, -0.1) is 10.2 Å². The van der Waals surface area contributed by atoms with Crippen LogP contribution in [0.3, 0.4) is 0 Å². The van der Waals surface area contributed by atoms with Crippen LogP contribution in [0.1, 0.15) is 34.0 Å². The van der Waals surface area contributed by atoms with Crippen LogP contribution in [0.5, 0.6) is 11.5 Å². The van der Waals surface area contributed by atoms with E-state index in [0.717, 1.165) is 21.8 Å². The molecule has 2 heterocycles. The van der Waals surface area contributed by atoms with Gasteiger partial charge in [-0.05, 0) is 60.9 Å². The second-order valence-corrected chi connectivity index (χ2v) is 9.07. The van der Waals surface area contributed by atoms with E-state index in [-0.39, 0.29) is 17.7 Å². The van der Waals surface area contributed by atoms with Gasteiger partial charge in [0, 0.05) is 30.6 Å². The van der Waals surface area contributed by atoms with Crippen LogP contribution in [0.25, 0.3) is 6.08 Å². The van der Waals surface area contributed by atoms with Gasteiger partial charge in [0.2, 0.25) is 16.9 Å². The first-order chi connectivity index (χ1) is 16.4. The molecular weight excluding hydrogens is 452 g/mol. The Labute approximate surface area is 202 Å². The van der Waals surface area contributed by atoms with Crippen molar-refractivity contribution in [2.75, 3.05) is 31.0 Å². The third kappa shape index (κ3) is 5.09.